The molecule has 1 heterocycles. The molecule has 1 aliphatic heterocycles. The molecule has 0 radical (unpaired) electrons. The van der Waals surface area contributed by atoms with Crippen molar-refractivity contribution in [2.45, 2.75) is 18.9 Å². The third-order valence-corrected chi connectivity index (χ3v) is 5.86. The van der Waals surface area contributed by atoms with Crippen LogP contribution in [0.2, 0.25) is 0 Å². The molecule has 140 valence electrons. The van der Waals surface area contributed by atoms with Crippen molar-refractivity contribution < 1.29 is 48.1 Å². The number of ether oxygens (including phenoxy) is 2. The first-order valence-electron chi connectivity index (χ1n) is 8.53. The molecule has 26 heavy (non-hydrogen) atoms. The van der Waals surface area contributed by atoms with E-state index in [0.717, 1.165) is 35.0 Å². The molecule has 0 aromatic heterocycles. The van der Waals surface area contributed by atoms with Crippen LogP contribution in [0.15, 0.2) is 18.2 Å². The lowest BCUT2D eigenvalue weighted by molar-refractivity contribution is -0.923. The molecular weight excluding hydrogens is 445 g/mol. The van der Waals surface area contributed by atoms with Crippen molar-refractivity contribution in [3.63, 3.8) is 0 Å². The highest BCUT2D eigenvalue weighted by atomic mass is 127. The molecule has 2 aliphatic rings. The molecule has 0 saturated carbocycles. The van der Waals surface area contributed by atoms with Gasteiger partial charge in [-0.2, -0.15) is 0 Å². The van der Waals surface area contributed by atoms with Gasteiger partial charge in [-0.3, -0.25) is 0 Å². The molecule has 1 unspecified atom stereocenters. The number of methoxy groups -OCH3 is 2. The van der Waals surface area contributed by atoms with E-state index in [9.17, 15) is 10.2 Å². The van der Waals surface area contributed by atoms with Crippen LogP contribution in [-0.2, 0) is 12.8 Å². The van der Waals surface area contributed by atoms with E-state index in [2.05, 4.69) is 14.1 Å². The monoisotopic (exact) mass is 469 g/mol. The molecule has 0 fully saturated rings. The molecule has 2 aromatic rings. The molecule has 1 aliphatic carbocycles. The van der Waals surface area contributed by atoms with Crippen LogP contribution in [0.5, 0.6) is 23.0 Å². The van der Waals surface area contributed by atoms with Crippen molar-refractivity contribution in [3.8, 4) is 34.1 Å². The summed E-state index contributed by atoms with van der Waals surface area (Å²) >= 11 is 0. The Labute approximate surface area is 170 Å². The third kappa shape index (κ3) is 2.53. The van der Waals surface area contributed by atoms with E-state index in [1.807, 2.05) is 12.1 Å². The van der Waals surface area contributed by atoms with Gasteiger partial charge in [0, 0.05) is 29.5 Å². The van der Waals surface area contributed by atoms with Crippen LogP contribution in [0.3, 0.4) is 0 Å². The summed E-state index contributed by atoms with van der Waals surface area (Å²) < 4.78 is 11.6. The summed E-state index contributed by atoms with van der Waals surface area (Å²) in [6.07, 6.45) is 1.74. The summed E-state index contributed by atoms with van der Waals surface area (Å²) in [7, 11) is 7.55. The zero-order chi connectivity index (χ0) is 17.9. The number of benzene rings is 2. The molecule has 0 bridgehead atoms. The summed E-state index contributed by atoms with van der Waals surface area (Å²) in [5.41, 5.74) is 4.72. The average molecular weight is 469 g/mol. The predicted molar refractivity (Wildman–Crippen MR) is 95.4 cm³/mol. The van der Waals surface area contributed by atoms with Crippen LogP contribution >= 0.6 is 0 Å². The third-order valence-electron chi connectivity index (χ3n) is 5.86. The molecule has 2 aromatic carbocycles. The van der Waals surface area contributed by atoms with Crippen LogP contribution in [0.1, 0.15) is 22.7 Å². The molecule has 5 nitrogen and oxygen atoms in total. The van der Waals surface area contributed by atoms with Crippen LogP contribution in [0.25, 0.3) is 11.1 Å². The minimum atomic E-state index is 0. The fraction of sp³-hybridized carbons (Fsp3) is 0.400. The lowest BCUT2D eigenvalue weighted by atomic mass is 9.75. The molecule has 6 heteroatoms. The normalized spacial score (nSPS) is 19.0. The largest absolute Gasteiger partial charge is 1.00 e. The summed E-state index contributed by atoms with van der Waals surface area (Å²) in [6.45, 7) is 1.03. The molecule has 4 rings (SSSR count). The van der Waals surface area contributed by atoms with Crippen molar-refractivity contribution in [2.24, 2.45) is 0 Å². The Kier molecular flexibility index (Phi) is 4.77. The Morgan fingerprint density at radius 3 is 2.27 bits per heavy atom. The zero-order valence-corrected chi connectivity index (χ0v) is 17.6. The van der Waals surface area contributed by atoms with E-state index in [-0.39, 0.29) is 41.5 Å². The number of rotatable bonds is 2. The zero-order valence-electron chi connectivity index (χ0n) is 15.5. The number of hydrogen-bond donors (Lipinski definition) is 2. The van der Waals surface area contributed by atoms with Gasteiger partial charge in [0.15, 0.2) is 23.0 Å². The first-order chi connectivity index (χ1) is 11.9. The van der Waals surface area contributed by atoms with Crippen molar-refractivity contribution >= 4 is 0 Å². The second-order valence-electron chi connectivity index (χ2n) is 7.50. The minimum absolute atomic E-state index is 0. The number of phenolic OH excluding ortho intramolecular Hbond substituents is 2. The first kappa shape index (κ1) is 19.1. The van der Waals surface area contributed by atoms with E-state index in [4.69, 9.17) is 9.47 Å². The fourth-order valence-electron chi connectivity index (χ4n) is 4.41. The number of aromatic hydroxyl groups is 2. The summed E-state index contributed by atoms with van der Waals surface area (Å²) in [5, 5.41) is 21.7. The van der Waals surface area contributed by atoms with Gasteiger partial charge in [-0.05, 0) is 23.3 Å². The lowest BCUT2D eigenvalue weighted by Crippen LogP contribution is -3.00. The maximum Gasteiger partial charge on any atom is 0.166 e. The average Bonchev–Trinajstić information content (AvgIpc) is 2.59. The van der Waals surface area contributed by atoms with Crippen molar-refractivity contribution in [2.75, 3.05) is 34.9 Å². The van der Waals surface area contributed by atoms with Gasteiger partial charge in [0.1, 0.15) is 6.04 Å². The molecule has 0 spiro atoms. The van der Waals surface area contributed by atoms with E-state index in [0.29, 0.717) is 22.6 Å². The fourth-order valence-corrected chi connectivity index (χ4v) is 4.41. The maximum absolute atomic E-state index is 10.9. The number of halogens is 1. The SMILES string of the molecule is COc1ccc2c(c1O)-c1c(O)c(OC)cc3c1C(C2)[N+](C)(C)CC3.[I-]. The van der Waals surface area contributed by atoms with Crippen molar-refractivity contribution in [1.82, 2.24) is 0 Å². The van der Waals surface area contributed by atoms with E-state index in [1.54, 1.807) is 13.2 Å². The number of hydrogen-bond acceptors (Lipinski definition) is 4. The van der Waals surface area contributed by atoms with Gasteiger partial charge in [0.25, 0.3) is 0 Å². The molecular formula is C20H24INO4. The van der Waals surface area contributed by atoms with Crippen LogP contribution in [-0.4, -0.2) is 49.6 Å². The van der Waals surface area contributed by atoms with Gasteiger partial charge in [-0.1, -0.05) is 6.07 Å². The van der Waals surface area contributed by atoms with Gasteiger partial charge in [0.05, 0.1) is 34.9 Å². The Morgan fingerprint density at radius 2 is 1.62 bits per heavy atom. The first-order valence-corrected chi connectivity index (χ1v) is 8.53. The Balaban J connectivity index is 0.00000196. The van der Waals surface area contributed by atoms with Crippen molar-refractivity contribution in [3.05, 3.63) is 34.9 Å². The summed E-state index contributed by atoms with van der Waals surface area (Å²) in [5.74, 6) is 1.05. The Morgan fingerprint density at radius 1 is 0.962 bits per heavy atom. The van der Waals surface area contributed by atoms with E-state index >= 15 is 0 Å². The smallest absolute Gasteiger partial charge is 0.166 e. The van der Waals surface area contributed by atoms with Crippen LogP contribution in [0.4, 0.5) is 0 Å². The van der Waals surface area contributed by atoms with Crippen molar-refractivity contribution in [1.29, 1.82) is 0 Å². The Bertz CT molecular complexity index is 879. The van der Waals surface area contributed by atoms with Gasteiger partial charge in [0.2, 0.25) is 0 Å². The van der Waals surface area contributed by atoms with E-state index in [1.165, 1.54) is 12.7 Å². The topological polar surface area (TPSA) is 58.9 Å². The molecule has 1 atom stereocenters. The highest BCUT2D eigenvalue weighted by molar-refractivity contribution is 5.87. The van der Waals surface area contributed by atoms with Gasteiger partial charge in [-0.15, -0.1) is 0 Å². The molecule has 0 saturated heterocycles. The molecule has 2 N–H and O–H groups in total. The Hall–Kier alpha value is -1.67. The number of fused-ring (bicyclic) bond motifs is 2. The number of likely N-dealkylation sites (N-methyl/N-ethyl adjacent to an activating group) is 1. The quantitative estimate of drug-likeness (QED) is 0.481. The number of quaternary nitrogens is 1. The second kappa shape index (κ2) is 6.49. The van der Waals surface area contributed by atoms with Crippen LogP contribution < -0.4 is 33.5 Å². The number of phenols is 2. The minimum Gasteiger partial charge on any atom is -1.00 e. The maximum atomic E-state index is 10.9. The molecule has 0 amide bonds. The van der Waals surface area contributed by atoms with Gasteiger partial charge < -0.3 is 48.1 Å². The predicted octanol–water partition coefficient (Wildman–Crippen LogP) is 0.0157. The second-order valence-corrected chi connectivity index (χ2v) is 7.50. The van der Waals surface area contributed by atoms with E-state index < -0.39 is 0 Å². The highest BCUT2D eigenvalue weighted by Crippen LogP contribution is 2.56. The number of nitrogens with zero attached hydrogens (tertiary/aromatic N) is 1. The highest BCUT2D eigenvalue weighted by Gasteiger charge is 2.44. The van der Waals surface area contributed by atoms with Crippen LogP contribution in [0, 0.1) is 0 Å². The standard InChI is InChI=1S/C20H23NO4.HI/c1-21(2)8-7-12-10-15(25-4)20(23)18-16(12)13(21)9-11-5-6-14(24-3)19(22)17(11)18;/h5-6,10,13H,7-9H2,1-4H3,(H-,22,23);1H. The van der Waals surface area contributed by atoms with Gasteiger partial charge in [-0.25, -0.2) is 0 Å². The summed E-state index contributed by atoms with van der Waals surface area (Å²) in [6, 6.07) is 5.98. The van der Waals surface area contributed by atoms with Gasteiger partial charge >= 0.3 is 0 Å². The summed E-state index contributed by atoms with van der Waals surface area (Å²) in [4.78, 5) is 0. The lowest BCUT2D eigenvalue weighted by Gasteiger charge is -2.46.